The van der Waals surface area contributed by atoms with Crippen molar-refractivity contribution in [1.29, 1.82) is 0 Å². The number of nitrogens with two attached hydrogens (primary N) is 2. The quantitative estimate of drug-likeness (QED) is 0.576. The van der Waals surface area contributed by atoms with E-state index in [0.29, 0.717) is 37.0 Å². The number of benzene rings is 2. The molecule has 3 aromatic rings. The summed E-state index contributed by atoms with van der Waals surface area (Å²) < 4.78 is 35.9. The molecule has 7 nitrogen and oxygen atoms in total. The van der Waals surface area contributed by atoms with Gasteiger partial charge in [-0.25, -0.2) is 8.78 Å². The highest BCUT2D eigenvalue weighted by atomic mass is 19.1. The van der Waals surface area contributed by atoms with Crippen LogP contribution < -0.4 is 21.5 Å². The van der Waals surface area contributed by atoms with Gasteiger partial charge in [0.25, 0.3) is 0 Å². The number of fused-ring (bicyclic) bond motifs is 1. The second kappa shape index (κ2) is 8.11. The first kappa shape index (κ1) is 19.8. The van der Waals surface area contributed by atoms with Crippen LogP contribution in [0.3, 0.4) is 0 Å². The summed E-state index contributed by atoms with van der Waals surface area (Å²) in [5.74, 6) is -0.280. The third-order valence-electron chi connectivity index (χ3n) is 4.92. The van der Waals surface area contributed by atoms with E-state index in [9.17, 15) is 8.78 Å². The smallest absolute Gasteiger partial charge is 0.155 e. The maximum atomic E-state index is 14.6. The molecule has 0 atom stereocenters. The standard InChI is InChI=1S/C21H22F2N6O/c1-2-30-13-7-16(22)15(17(23)8-13)11-29-18-6-4-3-5-14(18)19(28-29)21-26-10-12(9-24)20(25)27-21/h3-8H,2,9-11,24-25H2,1H3,(H,26,27). The molecule has 0 unspecified atom stereocenters. The van der Waals surface area contributed by atoms with Crippen LogP contribution in [0.4, 0.5) is 8.78 Å². The molecule has 2 heterocycles. The fourth-order valence-corrected chi connectivity index (χ4v) is 3.38. The molecular formula is C21H22F2N6O. The second-order valence-corrected chi connectivity index (χ2v) is 6.83. The lowest BCUT2D eigenvalue weighted by molar-refractivity contribution is 0.335. The van der Waals surface area contributed by atoms with Crippen molar-refractivity contribution in [2.24, 2.45) is 16.5 Å². The highest BCUT2D eigenvalue weighted by molar-refractivity contribution is 6.08. The van der Waals surface area contributed by atoms with Gasteiger partial charge in [0.2, 0.25) is 0 Å². The SMILES string of the molecule is CCOc1cc(F)c(Cn2nc(C3=NCC(CN)=C(N)N3)c3ccccc32)c(F)c1. The molecule has 4 rings (SSSR count). The summed E-state index contributed by atoms with van der Waals surface area (Å²) in [7, 11) is 0. The number of amidine groups is 1. The average molecular weight is 412 g/mol. The fraction of sp³-hybridized carbons (Fsp3) is 0.238. The van der Waals surface area contributed by atoms with E-state index < -0.39 is 11.6 Å². The Labute approximate surface area is 172 Å². The molecular weight excluding hydrogens is 390 g/mol. The predicted octanol–water partition coefficient (Wildman–Crippen LogP) is 2.24. The van der Waals surface area contributed by atoms with Crippen molar-refractivity contribution in [3.63, 3.8) is 0 Å². The lowest BCUT2D eigenvalue weighted by atomic mass is 10.1. The Morgan fingerprint density at radius 2 is 1.93 bits per heavy atom. The zero-order chi connectivity index (χ0) is 21.3. The Morgan fingerprint density at radius 1 is 1.20 bits per heavy atom. The van der Waals surface area contributed by atoms with Gasteiger partial charge in [-0.05, 0) is 13.0 Å². The van der Waals surface area contributed by atoms with E-state index in [1.54, 1.807) is 11.6 Å². The normalized spacial score (nSPS) is 14.1. The van der Waals surface area contributed by atoms with Crippen molar-refractivity contribution in [2.75, 3.05) is 19.7 Å². The molecule has 0 bridgehead atoms. The maximum Gasteiger partial charge on any atom is 0.155 e. The van der Waals surface area contributed by atoms with E-state index in [0.717, 1.165) is 16.5 Å². The van der Waals surface area contributed by atoms with Crippen LogP contribution in [0.5, 0.6) is 5.75 Å². The van der Waals surface area contributed by atoms with Crippen molar-refractivity contribution in [3.8, 4) is 5.75 Å². The van der Waals surface area contributed by atoms with Gasteiger partial charge < -0.3 is 21.5 Å². The number of hydrogen-bond acceptors (Lipinski definition) is 6. The van der Waals surface area contributed by atoms with Gasteiger partial charge in [0.15, 0.2) is 5.84 Å². The van der Waals surface area contributed by atoms with Crippen molar-refractivity contribution in [2.45, 2.75) is 13.5 Å². The molecule has 1 aromatic heterocycles. The third-order valence-corrected chi connectivity index (χ3v) is 4.92. The van der Waals surface area contributed by atoms with Gasteiger partial charge in [0.1, 0.15) is 28.9 Å². The number of halogens is 2. The minimum absolute atomic E-state index is 0.0861. The first-order chi connectivity index (χ1) is 14.5. The number of nitrogens with zero attached hydrogens (tertiary/aromatic N) is 3. The summed E-state index contributed by atoms with van der Waals surface area (Å²) in [5.41, 5.74) is 13.7. The van der Waals surface area contributed by atoms with Crippen LogP contribution in [0, 0.1) is 11.6 Å². The highest BCUT2D eigenvalue weighted by Gasteiger charge is 2.21. The maximum absolute atomic E-state index is 14.6. The predicted molar refractivity (Wildman–Crippen MR) is 111 cm³/mol. The minimum atomic E-state index is -0.688. The van der Waals surface area contributed by atoms with Crippen LogP contribution in [-0.2, 0) is 6.54 Å². The van der Waals surface area contributed by atoms with Crippen LogP contribution in [-0.4, -0.2) is 35.3 Å². The molecule has 0 amide bonds. The molecule has 1 aliphatic rings. The Hall–Kier alpha value is -3.46. The molecule has 0 aliphatic carbocycles. The summed E-state index contributed by atoms with van der Waals surface area (Å²) in [6.07, 6.45) is 0. The van der Waals surface area contributed by atoms with Gasteiger partial charge in [-0.1, -0.05) is 18.2 Å². The van der Waals surface area contributed by atoms with E-state index in [2.05, 4.69) is 15.4 Å². The first-order valence-corrected chi connectivity index (χ1v) is 9.57. The lowest BCUT2D eigenvalue weighted by Gasteiger charge is -2.17. The molecule has 0 saturated heterocycles. The number of hydrogen-bond donors (Lipinski definition) is 3. The first-order valence-electron chi connectivity index (χ1n) is 9.57. The number of nitrogens with one attached hydrogen (secondary N) is 1. The Morgan fingerprint density at radius 3 is 2.60 bits per heavy atom. The van der Waals surface area contributed by atoms with E-state index >= 15 is 0 Å². The highest BCUT2D eigenvalue weighted by Crippen LogP contribution is 2.25. The molecule has 156 valence electrons. The van der Waals surface area contributed by atoms with E-state index in [4.69, 9.17) is 16.2 Å². The molecule has 5 N–H and O–H groups in total. The van der Waals surface area contributed by atoms with E-state index in [-0.39, 0.29) is 17.9 Å². The molecule has 2 aromatic carbocycles. The van der Waals surface area contributed by atoms with Crippen LogP contribution in [0.2, 0.25) is 0 Å². The van der Waals surface area contributed by atoms with Gasteiger partial charge in [-0.2, -0.15) is 5.10 Å². The van der Waals surface area contributed by atoms with Crippen LogP contribution in [0.1, 0.15) is 18.2 Å². The number of aliphatic imine (C=N–C) groups is 1. The summed E-state index contributed by atoms with van der Waals surface area (Å²) >= 11 is 0. The molecule has 30 heavy (non-hydrogen) atoms. The molecule has 0 spiro atoms. The molecule has 0 saturated carbocycles. The molecule has 0 radical (unpaired) electrons. The second-order valence-electron chi connectivity index (χ2n) is 6.83. The van der Waals surface area contributed by atoms with Gasteiger partial charge in [-0.15, -0.1) is 0 Å². The summed E-state index contributed by atoms with van der Waals surface area (Å²) in [4.78, 5) is 4.49. The van der Waals surface area contributed by atoms with Crippen molar-refractivity contribution in [3.05, 3.63) is 70.7 Å². The molecule has 1 aliphatic heterocycles. The van der Waals surface area contributed by atoms with Gasteiger partial charge in [-0.3, -0.25) is 9.67 Å². The Bertz CT molecular complexity index is 1140. The Kier molecular flexibility index (Phi) is 5.37. The number of aromatic nitrogens is 2. The van der Waals surface area contributed by atoms with Crippen molar-refractivity contribution in [1.82, 2.24) is 15.1 Å². The topological polar surface area (TPSA) is 103 Å². The van der Waals surface area contributed by atoms with E-state index in [1.807, 2.05) is 24.3 Å². The number of ether oxygens (including phenoxy) is 1. The van der Waals surface area contributed by atoms with Crippen LogP contribution in [0.15, 0.2) is 52.8 Å². The van der Waals surface area contributed by atoms with Crippen LogP contribution >= 0.6 is 0 Å². The molecule has 0 fully saturated rings. The van der Waals surface area contributed by atoms with Crippen LogP contribution in [0.25, 0.3) is 10.9 Å². The van der Waals surface area contributed by atoms with Gasteiger partial charge in [0, 0.05) is 35.2 Å². The van der Waals surface area contributed by atoms with Gasteiger partial charge >= 0.3 is 0 Å². The minimum Gasteiger partial charge on any atom is -0.494 e. The monoisotopic (exact) mass is 412 g/mol. The summed E-state index contributed by atoms with van der Waals surface area (Å²) in [6, 6.07) is 9.78. The van der Waals surface area contributed by atoms with Crippen molar-refractivity contribution >= 4 is 16.7 Å². The van der Waals surface area contributed by atoms with E-state index in [1.165, 1.54) is 12.1 Å². The zero-order valence-corrected chi connectivity index (χ0v) is 16.5. The Balaban J connectivity index is 1.73. The summed E-state index contributed by atoms with van der Waals surface area (Å²) in [5, 5.41) is 8.41. The van der Waals surface area contributed by atoms with Crippen molar-refractivity contribution < 1.29 is 13.5 Å². The lowest BCUT2D eigenvalue weighted by Crippen LogP contribution is -2.36. The number of rotatable bonds is 6. The summed E-state index contributed by atoms with van der Waals surface area (Å²) in [6.45, 7) is 2.66. The van der Waals surface area contributed by atoms with Gasteiger partial charge in [0.05, 0.1) is 25.2 Å². The molecule has 9 heteroatoms. The number of para-hydroxylation sites is 1. The third kappa shape index (κ3) is 3.59. The largest absolute Gasteiger partial charge is 0.494 e. The average Bonchev–Trinajstić information content (AvgIpc) is 3.09. The zero-order valence-electron chi connectivity index (χ0n) is 16.5. The fourth-order valence-electron chi connectivity index (χ4n) is 3.38.